The Kier molecular flexibility index (Phi) is 3.71. The van der Waals surface area contributed by atoms with Crippen LogP contribution in [0.3, 0.4) is 0 Å². The van der Waals surface area contributed by atoms with Gasteiger partial charge in [0.1, 0.15) is 0 Å². The fourth-order valence-corrected chi connectivity index (χ4v) is 4.01. The van der Waals surface area contributed by atoms with E-state index in [0.717, 1.165) is 24.1 Å². The van der Waals surface area contributed by atoms with E-state index in [9.17, 15) is 9.90 Å². The lowest BCUT2D eigenvalue weighted by atomic mass is 9.85. The van der Waals surface area contributed by atoms with Crippen molar-refractivity contribution in [2.75, 3.05) is 0 Å². The van der Waals surface area contributed by atoms with Gasteiger partial charge >= 0.3 is 5.97 Å². The van der Waals surface area contributed by atoms with Gasteiger partial charge < -0.3 is 5.11 Å². The first-order valence-electron chi connectivity index (χ1n) is 8.00. The molecule has 6 nitrogen and oxygen atoms in total. The number of nitrogens with zero attached hydrogens (tertiary/aromatic N) is 4. The van der Waals surface area contributed by atoms with E-state index in [1.807, 2.05) is 6.92 Å². The summed E-state index contributed by atoms with van der Waals surface area (Å²) in [6.07, 6.45) is 6.86. The van der Waals surface area contributed by atoms with Gasteiger partial charge in [-0.15, -0.1) is 5.10 Å². The predicted octanol–water partition coefficient (Wildman–Crippen LogP) is 2.15. The highest BCUT2D eigenvalue weighted by atomic mass is 16.4. The minimum Gasteiger partial charge on any atom is -0.481 e. The molecule has 2 bridgehead atoms. The molecule has 116 valence electrons. The maximum absolute atomic E-state index is 11.5. The van der Waals surface area contributed by atoms with Gasteiger partial charge in [0.05, 0.1) is 12.0 Å². The summed E-state index contributed by atoms with van der Waals surface area (Å²) in [6, 6.07) is 0. The predicted molar refractivity (Wildman–Crippen MR) is 76.5 cm³/mol. The van der Waals surface area contributed by atoms with E-state index < -0.39 is 11.4 Å². The molecule has 0 spiro atoms. The summed E-state index contributed by atoms with van der Waals surface area (Å²) in [5, 5.41) is 21.4. The van der Waals surface area contributed by atoms with Gasteiger partial charge in [0.2, 0.25) is 0 Å². The quantitative estimate of drug-likeness (QED) is 0.869. The zero-order chi connectivity index (χ0) is 15.0. The normalized spacial score (nSPS) is 30.5. The van der Waals surface area contributed by atoms with Crippen LogP contribution >= 0.6 is 0 Å². The molecule has 0 aromatic carbocycles. The molecular weight excluding hydrogens is 268 g/mol. The number of fused-ring (bicyclic) bond motifs is 2. The van der Waals surface area contributed by atoms with Crippen LogP contribution in [0.4, 0.5) is 0 Å². The zero-order valence-electron chi connectivity index (χ0n) is 12.8. The van der Waals surface area contributed by atoms with E-state index in [2.05, 4.69) is 15.5 Å². The van der Waals surface area contributed by atoms with E-state index >= 15 is 0 Å². The van der Waals surface area contributed by atoms with Crippen LogP contribution in [0.1, 0.15) is 51.8 Å². The number of hydrogen-bond acceptors (Lipinski definition) is 4. The first-order chi connectivity index (χ1) is 10.0. The first-order valence-corrected chi connectivity index (χ1v) is 8.00. The monoisotopic (exact) mass is 292 g/mol. The van der Waals surface area contributed by atoms with Crippen molar-refractivity contribution in [1.82, 2.24) is 20.2 Å². The van der Waals surface area contributed by atoms with Crippen molar-refractivity contribution in [3.63, 3.8) is 0 Å². The fourth-order valence-electron chi connectivity index (χ4n) is 4.01. The van der Waals surface area contributed by atoms with Crippen LogP contribution < -0.4 is 0 Å². The van der Waals surface area contributed by atoms with E-state index in [-0.39, 0.29) is 0 Å². The highest BCUT2D eigenvalue weighted by Crippen LogP contribution is 2.49. The molecule has 6 heteroatoms. The number of hydrogen-bond donors (Lipinski definition) is 1. The Morgan fingerprint density at radius 1 is 1.43 bits per heavy atom. The van der Waals surface area contributed by atoms with Crippen molar-refractivity contribution < 1.29 is 9.90 Å². The summed E-state index contributed by atoms with van der Waals surface area (Å²) >= 11 is 0. The van der Waals surface area contributed by atoms with Crippen molar-refractivity contribution >= 4 is 5.97 Å². The molecule has 1 N–H and O–H groups in total. The van der Waals surface area contributed by atoms with Crippen molar-refractivity contribution in [1.29, 1.82) is 0 Å². The van der Waals surface area contributed by atoms with Gasteiger partial charge in [0, 0.05) is 6.42 Å². The summed E-state index contributed by atoms with van der Waals surface area (Å²) in [7, 11) is 0. The van der Waals surface area contributed by atoms with Crippen LogP contribution in [-0.4, -0.2) is 31.3 Å². The Balaban J connectivity index is 1.71. The third kappa shape index (κ3) is 2.68. The van der Waals surface area contributed by atoms with Crippen LogP contribution in [0.5, 0.6) is 0 Å². The average molecular weight is 292 g/mol. The van der Waals surface area contributed by atoms with Gasteiger partial charge in [0.25, 0.3) is 0 Å². The Hall–Kier alpha value is -1.46. The second-order valence-corrected chi connectivity index (χ2v) is 7.11. The number of aliphatic carboxylic acids is 1. The minimum atomic E-state index is -0.807. The topological polar surface area (TPSA) is 80.9 Å². The van der Waals surface area contributed by atoms with E-state index in [0.29, 0.717) is 18.9 Å². The molecule has 21 heavy (non-hydrogen) atoms. The van der Waals surface area contributed by atoms with Crippen molar-refractivity contribution in [2.24, 2.45) is 23.2 Å². The number of rotatable bonds is 6. The molecule has 3 rings (SSSR count). The van der Waals surface area contributed by atoms with Crippen LogP contribution in [-0.2, 0) is 17.8 Å². The lowest BCUT2D eigenvalue weighted by Gasteiger charge is -2.24. The largest absolute Gasteiger partial charge is 0.481 e. The Morgan fingerprint density at radius 3 is 2.81 bits per heavy atom. The summed E-state index contributed by atoms with van der Waals surface area (Å²) in [4.78, 5) is 11.5. The smallest absolute Gasteiger partial charge is 0.311 e. The van der Waals surface area contributed by atoms with Crippen LogP contribution in [0.2, 0.25) is 0 Å². The third-order valence-corrected chi connectivity index (χ3v) is 5.73. The van der Waals surface area contributed by atoms with Crippen molar-refractivity contribution in [3.8, 4) is 0 Å². The maximum atomic E-state index is 11.5. The summed E-state index contributed by atoms with van der Waals surface area (Å²) in [6.45, 7) is 4.01. The number of carboxylic acid groups (broad SMARTS) is 1. The first kappa shape index (κ1) is 14.5. The number of aromatic nitrogens is 4. The molecule has 2 aliphatic carbocycles. The maximum Gasteiger partial charge on any atom is 0.311 e. The van der Waals surface area contributed by atoms with E-state index in [1.165, 1.54) is 25.7 Å². The summed E-state index contributed by atoms with van der Waals surface area (Å²) in [5.41, 5.74) is -0.807. The number of tetrazole rings is 1. The second kappa shape index (κ2) is 5.39. The minimum absolute atomic E-state index is 0.349. The highest BCUT2D eigenvalue weighted by molar-refractivity contribution is 5.73. The van der Waals surface area contributed by atoms with Crippen molar-refractivity contribution in [3.05, 3.63) is 5.82 Å². The standard InChI is InChI=1S/C15H24N4O2/c1-3-15(2,14(20)21)9-19-13(16-17-18-19)8-12-7-10-4-5-11(12)6-10/h10-12H,3-9H2,1-2H3,(H,20,21). The molecule has 1 aromatic heterocycles. The molecular formula is C15H24N4O2. The van der Waals surface area contributed by atoms with Gasteiger partial charge in [-0.1, -0.05) is 13.3 Å². The molecule has 0 saturated heterocycles. The van der Waals surface area contributed by atoms with Gasteiger partial charge in [-0.3, -0.25) is 4.79 Å². The Bertz CT molecular complexity index is 529. The van der Waals surface area contributed by atoms with Gasteiger partial charge in [0.15, 0.2) is 5.82 Å². The highest BCUT2D eigenvalue weighted by Gasteiger charge is 2.40. The van der Waals surface area contributed by atoms with Crippen LogP contribution in [0.25, 0.3) is 0 Å². The fraction of sp³-hybridized carbons (Fsp3) is 0.867. The molecule has 1 heterocycles. The summed E-state index contributed by atoms with van der Waals surface area (Å²) < 4.78 is 1.71. The molecule has 0 radical (unpaired) electrons. The lowest BCUT2D eigenvalue weighted by Crippen LogP contribution is -2.33. The molecule has 4 atom stereocenters. The lowest BCUT2D eigenvalue weighted by molar-refractivity contribution is -0.149. The van der Waals surface area contributed by atoms with Crippen LogP contribution in [0.15, 0.2) is 0 Å². The molecule has 2 aliphatic rings. The van der Waals surface area contributed by atoms with E-state index in [1.54, 1.807) is 11.6 Å². The van der Waals surface area contributed by atoms with Crippen LogP contribution in [0, 0.1) is 23.2 Å². The molecule has 0 amide bonds. The van der Waals surface area contributed by atoms with Crippen molar-refractivity contribution in [2.45, 2.75) is 58.9 Å². The Morgan fingerprint density at radius 2 is 2.24 bits per heavy atom. The molecule has 1 aromatic rings. The molecule has 2 saturated carbocycles. The Labute approximate surface area is 124 Å². The van der Waals surface area contributed by atoms with E-state index in [4.69, 9.17) is 0 Å². The summed E-state index contributed by atoms with van der Waals surface area (Å²) in [5.74, 6) is 2.49. The third-order valence-electron chi connectivity index (χ3n) is 5.73. The van der Waals surface area contributed by atoms with Gasteiger partial charge in [-0.2, -0.15) is 0 Å². The second-order valence-electron chi connectivity index (χ2n) is 7.11. The number of carbonyl (C=O) groups is 1. The number of carboxylic acids is 1. The molecule has 0 aliphatic heterocycles. The molecule has 4 unspecified atom stereocenters. The SMILES string of the molecule is CCC(C)(Cn1nnnc1CC1CC2CCC1C2)C(=O)O. The van der Waals surface area contributed by atoms with Gasteiger partial charge in [-0.25, -0.2) is 4.68 Å². The van der Waals surface area contributed by atoms with Gasteiger partial charge in [-0.05, 0) is 60.8 Å². The molecule has 2 fully saturated rings. The average Bonchev–Trinajstić information content (AvgIpc) is 3.16. The zero-order valence-corrected chi connectivity index (χ0v) is 12.8.